The summed E-state index contributed by atoms with van der Waals surface area (Å²) in [6.45, 7) is 4.49. The zero-order valence-corrected chi connectivity index (χ0v) is 12.4. The molecule has 1 aromatic carbocycles. The number of nitrogens with one attached hydrogen (secondary N) is 1. The Kier molecular flexibility index (Phi) is 4.70. The summed E-state index contributed by atoms with van der Waals surface area (Å²) in [5.74, 6) is 0.225. The molecule has 0 amide bonds. The molecule has 0 spiro atoms. The first-order chi connectivity index (χ1) is 10.0. The Morgan fingerprint density at radius 1 is 1.38 bits per heavy atom. The molecule has 2 rings (SSSR count). The third kappa shape index (κ3) is 3.66. The monoisotopic (exact) mass is 289 g/mol. The van der Waals surface area contributed by atoms with Crippen LogP contribution in [0.3, 0.4) is 0 Å². The maximum absolute atomic E-state index is 12.0. The zero-order chi connectivity index (χ0) is 15.4. The lowest BCUT2D eigenvalue weighted by Gasteiger charge is -2.24. The van der Waals surface area contributed by atoms with Crippen molar-refractivity contribution in [2.24, 2.45) is 0 Å². The van der Waals surface area contributed by atoms with E-state index in [-0.39, 0.29) is 24.1 Å². The number of nitrogens with zero attached hydrogens (tertiary/aromatic N) is 2. The smallest absolute Gasteiger partial charge is 0.319 e. The summed E-state index contributed by atoms with van der Waals surface area (Å²) in [6, 6.07) is 7.30. The lowest BCUT2D eigenvalue weighted by Crippen LogP contribution is -2.36. The Hall–Kier alpha value is -2.21. The lowest BCUT2D eigenvalue weighted by molar-refractivity contribution is -0.142. The van der Waals surface area contributed by atoms with Gasteiger partial charge in [0, 0.05) is 6.04 Å². The maximum Gasteiger partial charge on any atom is 0.319 e. The van der Waals surface area contributed by atoms with Gasteiger partial charge >= 0.3 is 5.97 Å². The van der Waals surface area contributed by atoms with Gasteiger partial charge in [0.2, 0.25) is 0 Å². The molecule has 6 heteroatoms. The van der Waals surface area contributed by atoms with Crippen molar-refractivity contribution in [3.05, 3.63) is 40.4 Å². The van der Waals surface area contributed by atoms with Crippen LogP contribution in [0.15, 0.2) is 29.1 Å². The second-order valence-corrected chi connectivity index (χ2v) is 5.10. The highest BCUT2D eigenvalue weighted by Crippen LogP contribution is 2.08. The Morgan fingerprint density at radius 3 is 2.76 bits per heavy atom. The highest BCUT2D eigenvalue weighted by Gasteiger charge is 2.16. The van der Waals surface area contributed by atoms with Gasteiger partial charge in [0.05, 0.1) is 31.1 Å². The van der Waals surface area contributed by atoms with Gasteiger partial charge < -0.3 is 9.72 Å². The fourth-order valence-electron chi connectivity index (χ4n) is 2.05. The third-order valence-electron chi connectivity index (χ3n) is 3.30. The van der Waals surface area contributed by atoms with E-state index in [4.69, 9.17) is 0 Å². The van der Waals surface area contributed by atoms with Crippen LogP contribution in [0.1, 0.15) is 19.7 Å². The van der Waals surface area contributed by atoms with Crippen LogP contribution in [0.4, 0.5) is 0 Å². The van der Waals surface area contributed by atoms with Crippen molar-refractivity contribution in [2.75, 3.05) is 13.7 Å². The summed E-state index contributed by atoms with van der Waals surface area (Å²) >= 11 is 0. The molecule has 0 radical (unpaired) electrons. The van der Waals surface area contributed by atoms with Crippen molar-refractivity contribution in [2.45, 2.75) is 26.4 Å². The molecule has 2 aromatic rings. The molecule has 1 N–H and O–H groups in total. The number of rotatable bonds is 5. The van der Waals surface area contributed by atoms with Crippen molar-refractivity contribution in [3.8, 4) is 0 Å². The molecule has 0 fully saturated rings. The molecular formula is C15H19N3O3. The molecule has 0 aliphatic carbocycles. The van der Waals surface area contributed by atoms with Crippen molar-refractivity contribution in [1.29, 1.82) is 0 Å². The number of aromatic amines is 1. The number of H-pyrrole nitrogens is 1. The van der Waals surface area contributed by atoms with Crippen LogP contribution in [0.2, 0.25) is 0 Å². The van der Waals surface area contributed by atoms with E-state index in [0.717, 1.165) is 0 Å². The first-order valence-electron chi connectivity index (χ1n) is 6.80. The Labute approximate surface area is 122 Å². The lowest BCUT2D eigenvalue weighted by atomic mass is 10.2. The zero-order valence-electron chi connectivity index (χ0n) is 12.4. The minimum Gasteiger partial charge on any atom is -0.468 e. The molecule has 21 heavy (non-hydrogen) atoms. The summed E-state index contributed by atoms with van der Waals surface area (Å²) in [4.78, 5) is 32.6. The van der Waals surface area contributed by atoms with E-state index in [9.17, 15) is 9.59 Å². The number of para-hydroxylation sites is 1. The normalized spacial score (nSPS) is 11.3. The van der Waals surface area contributed by atoms with Gasteiger partial charge in [-0.25, -0.2) is 4.98 Å². The molecular weight excluding hydrogens is 270 g/mol. The molecule has 0 saturated heterocycles. The van der Waals surface area contributed by atoms with Crippen LogP contribution in [-0.4, -0.2) is 40.5 Å². The number of carbonyl (C=O) groups excluding carboxylic acids is 1. The van der Waals surface area contributed by atoms with Gasteiger partial charge in [0.1, 0.15) is 5.82 Å². The van der Waals surface area contributed by atoms with Gasteiger partial charge in [-0.05, 0) is 26.0 Å². The highest BCUT2D eigenvalue weighted by atomic mass is 16.5. The topological polar surface area (TPSA) is 75.3 Å². The minimum atomic E-state index is -0.313. The summed E-state index contributed by atoms with van der Waals surface area (Å²) in [5, 5.41) is 0.560. The van der Waals surface area contributed by atoms with Crippen molar-refractivity contribution in [1.82, 2.24) is 14.9 Å². The Bertz CT molecular complexity index is 694. The van der Waals surface area contributed by atoms with Crippen molar-refractivity contribution in [3.63, 3.8) is 0 Å². The van der Waals surface area contributed by atoms with E-state index < -0.39 is 0 Å². The van der Waals surface area contributed by atoms with E-state index in [0.29, 0.717) is 23.3 Å². The van der Waals surface area contributed by atoms with Crippen LogP contribution in [0.25, 0.3) is 10.9 Å². The average Bonchev–Trinajstić information content (AvgIpc) is 2.46. The van der Waals surface area contributed by atoms with E-state index >= 15 is 0 Å². The van der Waals surface area contributed by atoms with Crippen LogP contribution >= 0.6 is 0 Å². The van der Waals surface area contributed by atoms with E-state index in [1.807, 2.05) is 24.8 Å². The van der Waals surface area contributed by atoms with Crippen LogP contribution in [0, 0.1) is 0 Å². The molecule has 1 heterocycles. The van der Waals surface area contributed by atoms with Crippen molar-refractivity contribution >= 4 is 16.9 Å². The first kappa shape index (κ1) is 15.2. The van der Waals surface area contributed by atoms with Gasteiger partial charge in [-0.15, -0.1) is 0 Å². The standard InChI is InChI=1S/C15H19N3O3/c1-10(2)18(9-14(19)21-3)8-13-16-12-7-5-4-6-11(12)15(20)17-13/h4-7,10H,8-9H2,1-3H3,(H,16,17,20). The van der Waals surface area contributed by atoms with Gasteiger partial charge in [-0.1, -0.05) is 12.1 Å². The predicted octanol–water partition coefficient (Wildman–Crippen LogP) is 1.31. The minimum absolute atomic E-state index is 0.126. The molecule has 0 bridgehead atoms. The first-order valence-corrected chi connectivity index (χ1v) is 6.80. The number of fused-ring (bicyclic) bond motifs is 1. The number of hydrogen-bond donors (Lipinski definition) is 1. The summed E-state index contributed by atoms with van der Waals surface area (Å²) in [5.41, 5.74) is 0.482. The number of hydrogen-bond acceptors (Lipinski definition) is 5. The van der Waals surface area contributed by atoms with Crippen molar-refractivity contribution < 1.29 is 9.53 Å². The third-order valence-corrected chi connectivity index (χ3v) is 3.30. The molecule has 1 aromatic heterocycles. The molecule has 0 aliphatic rings. The van der Waals surface area contributed by atoms with Crippen LogP contribution in [-0.2, 0) is 16.1 Å². The van der Waals surface area contributed by atoms with E-state index in [2.05, 4.69) is 14.7 Å². The Morgan fingerprint density at radius 2 is 2.10 bits per heavy atom. The van der Waals surface area contributed by atoms with Gasteiger partial charge in [0.25, 0.3) is 5.56 Å². The Balaban J connectivity index is 2.28. The number of benzene rings is 1. The van der Waals surface area contributed by atoms with Gasteiger partial charge in [-0.3, -0.25) is 14.5 Å². The molecule has 0 unspecified atom stereocenters. The van der Waals surface area contributed by atoms with Crippen LogP contribution in [0.5, 0.6) is 0 Å². The molecule has 6 nitrogen and oxygen atoms in total. The maximum atomic E-state index is 12.0. The summed E-state index contributed by atoms with van der Waals surface area (Å²) < 4.78 is 4.69. The fraction of sp³-hybridized carbons (Fsp3) is 0.400. The predicted molar refractivity (Wildman–Crippen MR) is 79.9 cm³/mol. The van der Waals surface area contributed by atoms with Gasteiger partial charge in [0.15, 0.2) is 0 Å². The quantitative estimate of drug-likeness (QED) is 0.840. The molecule has 0 atom stereocenters. The van der Waals surface area contributed by atoms with E-state index in [1.54, 1.807) is 18.2 Å². The number of methoxy groups -OCH3 is 1. The van der Waals surface area contributed by atoms with Gasteiger partial charge in [-0.2, -0.15) is 0 Å². The van der Waals surface area contributed by atoms with Crippen LogP contribution < -0.4 is 5.56 Å². The number of esters is 1. The summed E-state index contributed by atoms with van der Waals surface area (Å²) in [7, 11) is 1.36. The largest absolute Gasteiger partial charge is 0.468 e. The molecule has 0 aliphatic heterocycles. The number of aromatic nitrogens is 2. The number of ether oxygens (including phenoxy) is 1. The molecule has 0 saturated carbocycles. The summed E-state index contributed by atoms with van der Waals surface area (Å²) in [6.07, 6.45) is 0. The average molecular weight is 289 g/mol. The SMILES string of the molecule is COC(=O)CN(Cc1nc2ccccc2c(=O)[nH]1)C(C)C. The number of carbonyl (C=O) groups is 1. The fourth-order valence-corrected chi connectivity index (χ4v) is 2.05. The highest BCUT2D eigenvalue weighted by molar-refractivity contribution is 5.77. The van der Waals surface area contributed by atoms with E-state index in [1.165, 1.54) is 7.11 Å². The second-order valence-electron chi connectivity index (χ2n) is 5.10. The molecule has 112 valence electrons. The second kappa shape index (κ2) is 6.49.